The standard InChI is InChI=1S/C8H11F3N4OS/c1-12-4-2-3-5(16)13-7-15-14-6(17-7)8(9,10)11/h12H,2-4H2,1H3,(H,13,15,16). The third-order valence-electron chi connectivity index (χ3n) is 1.74. The van der Waals surface area contributed by atoms with Crippen LogP contribution in [0.15, 0.2) is 0 Å². The molecule has 2 N–H and O–H groups in total. The zero-order chi connectivity index (χ0) is 12.9. The van der Waals surface area contributed by atoms with Crippen LogP contribution in [0.5, 0.6) is 0 Å². The molecular formula is C8H11F3N4OS. The van der Waals surface area contributed by atoms with E-state index in [1.165, 1.54) is 0 Å². The van der Waals surface area contributed by atoms with Gasteiger partial charge in [0.25, 0.3) is 0 Å². The van der Waals surface area contributed by atoms with Crippen LogP contribution in [-0.4, -0.2) is 29.7 Å². The van der Waals surface area contributed by atoms with Gasteiger partial charge in [0.1, 0.15) is 0 Å². The fourth-order valence-electron chi connectivity index (χ4n) is 0.996. The van der Waals surface area contributed by atoms with Crippen molar-refractivity contribution in [2.24, 2.45) is 0 Å². The number of hydrogen-bond acceptors (Lipinski definition) is 5. The van der Waals surface area contributed by atoms with Gasteiger partial charge in [-0.25, -0.2) is 0 Å². The number of halogens is 3. The Morgan fingerprint density at radius 1 is 1.41 bits per heavy atom. The molecule has 0 spiro atoms. The average Bonchev–Trinajstić information content (AvgIpc) is 2.66. The molecule has 0 bridgehead atoms. The first-order valence-corrected chi connectivity index (χ1v) is 5.60. The molecule has 0 aliphatic rings. The number of aromatic nitrogens is 2. The first-order chi connectivity index (χ1) is 7.93. The quantitative estimate of drug-likeness (QED) is 0.794. The Hall–Kier alpha value is -1.22. The second-order valence-electron chi connectivity index (χ2n) is 3.17. The zero-order valence-corrected chi connectivity index (χ0v) is 9.78. The number of nitrogens with one attached hydrogen (secondary N) is 2. The number of carbonyl (C=O) groups is 1. The van der Waals surface area contributed by atoms with Crippen molar-refractivity contribution in [3.8, 4) is 0 Å². The molecule has 0 saturated heterocycles. The van der Waals surface area contributed by atoms with E-state index in [-0.39, 0.29) is 17.5 Å². The van der Waals surface area contributed by atoms with Crippen molar-refractivity contribution in [2.45, 2.75) is 19.0 Å². The summed E-state index contributed by atoms with van der Waals surface area (Å²) in [7, 11) is 1.75. The number of carbonyl (C=O) groups excluding carboxylic acids is 1. The van der Waals surface area contributed by atoms with E-state index in [0.717, 1.165) is 0 Å². The Kier molecular flexibility index (Phi) is 4.82. The van der Waals surface area contributed by atoms with Gasteiger partial charge in [-0.1, -0.05) is 11.3 Å². The van der Waals surface area contributed by atoms with Gasteiger partial charge in [0.05, 0.1) is 0 Å². The van der Waals surface area contributed by atoms with Crippen LogP contribution in [0.4, 0.5) is 18.3 Å². The summed E-state index contributed by atoms with van der Waals surface area (Å²) in [6, 6.07) is 0. The fraction of sp³-hybridized carbons (Fsp3) is 0.625. The van der Waals surface area contributed by atoms with E-state index >= 15 is 0 Å². The molecule has 0 radical (unpaired) electrons. The maximum Gasteiger partial charge on any atom is 0.445 e. The van der Waals surface area contributed by atoms with E-state index in [2.05, 4.69) is 20.8 Å². The van der Waals surface area contributed by atoms with Crippen LogP contribution in [0, 0.1) is 0 Å². The number of alkyl halides is 3. The van der Waals surface area contributed by atoms with Crippen molar-refractivity contribution >= 4 is 22.4 Å². The predicted molar refractivity (Wildman–Crippen MR) is 56.7 cm³/mol. The Morgan fingerprint density at radius 2 is 2.12 bits per heavy atom. The molecule has 17 heavy (non-hydrogen) atoms. The summed E-state index contributed by atoms with van der Waals surface area (Å²) >= 11 is 0.313. The Balaban J connectivity index is 2.46. The molecule has 0 unspecified atom stereocenters. The van der Waals surface area contributed by atoms with Crippen molar-refractivity contribution in [2.75, 3.05) is 18.9 Å². The van der Waals surface area contributed by atoms with Crippen LogP contribution in [-0.2, 0) is 11.0 Å². The molecule has 0 aliphatic carbocycles. The van der Waals surface area contributed by atoms with E-state index in [1.54, 1.807) is 7.05 Å². The van der Waals surface area contributed by atoms with Gasteiger partial charge in [-0.2, -0.15) is 13.2 Å². The molecule has 1 aromatic heterocycles. The largest absolute Gasteiger partial charge is 0.445 e. The molecule has 5 nitrogen and oxygen atoms in total. The van der Waals surface area contributed by atoms with Gasteiger partial charge in [-0.05, 0) is 20.0 Å². The second kappa shape index (κ2) is 5.92. The van der Waals surface area contributed by atoms with Crippen LogP contribution in [0.1, 0.15) is 17.8 Å². The molecule has 0 aromatic carbocycles. The van der Waals surface area contributed by atoms with Crippen molar-refractivity contribution in [3.05, 3.63) is 5.01 Å². The lowest BCUT2D eigenvalue weighted by Gasteiger charge is -2.00. The molecule has 96 valence electrons. The van der Waals surface area contributed by atoms with Crippen LogP contribution < -0.4 is 10.6 Å². The lowest BCUT2D eigenvalue weighted by Crippen LogP contribution is -2.15. The minimum Gasteiger partial charge on any atom is -0.320 e. The third-order valence-corrected chi connectivity index (χ3v) is 2.63. The minimum atomic E-state index is -4.52. The van der Waals surface area contributed by atoms with Crippen LogP contribution in [0.2, 0.25) is 0 Å². The molecule has 1 heterocycles. The van der Waals surface area contributed by atoms with Gasteiger partial charge in [-0.15, -0.1) is 10.2 Å². The normalized spacial score (nSPS) is 11.5. The first kappa shape index (κ1) is 13.8. The van der Waals surface area contributed by atoms with Gasteiger partial charge in [-0.3, -0.25) is 4.79 Å². The van der Waals surface area contributed by atoms with Crippen LogP contribution >= 0.6 is 11.3 Å². The number of anilines is 1. The highest BCUT2D eigenvalue weighted by Gasteiger charge is 2.35. The van der Waals surface area contributed by atoms with Crippen molar-refractivity contribution in [1.29, 1.82) is 0 Å². The summed E-state index contributed by atoms with van der Waals surface area (Å²) in [5.74, 6) is -0.370. The number of hydrogen-bond donors (Lipinski definition) is 2. The molecule has 9 heteroatoms. The highest BCUT2D eigenvalue weighted by molar-refractivity contribution is 7.15. The lowest BCUT2D eigenvalue weighted by molar-refractivity contribution is -0.138. The van der Waals surface area contributed by atoms with E-state index < -0.39 is 11.2 Å². The van der Waals surface area contributed by atoms with Gasteiger partial charge < -0.3 is 10.6 Å². The molecule has 1 aromatic rings. The Labute approximate surface area is 99.4 Å². The average molecular weight is 268 g/mol. The van der Waals surface area contributed by atoms with E-state index in [4.69, 9.17) is 0 Å². The third kappa shape index (κ3) is 4.65. The van der Waals surface area contributed by atoms with E-state index in [1.807, 2.05) is 0 Å². The maximum absolute atomic E-state index is 12.2. The van der Waals surface area contributed by atoms with Gasteiger partial charge in [0, 0.05) is 6.42 Å². The zero-order valence-electron chi connectivity index (χ0n) is 8.97. The highest BCUT2D eigenvalue weighted by Crippen LogP contribution is 2.32. The summed E-state index contributed by atoms with van der Waals surface area (Å²) in [5.41, 5.74) is 0. The number of amides is 1. The SMILES string of the molecule is CNCCCC(=O)Nc1nnc(C(F)(F)F)s1. The van der Waals surface area contributed by atoms with Gasteiger partial charge in [0.2, 0.25) is 16.0 Å². The Bertz CT molecular complexity index is 379. The van der Waals surface area contributed by atoms with Crippen molar-refractivity contribution in [1.82, 2.24) is 15.5 Å². The summed E-state index contributed by atoms with van der Waals surface area (Å²) in [6.07, 6.45) is -3.69. The molecular weight excluding hydrogens is 257 g/mol. The van der Waals surface area contributed by atoms with Crippen LogP contribution in [0.25, 0.3) is 0 Å². The number of nitrogens with zero attached hydrogens (tertiary/aromatic N) is 2. The molecule has 0 aliphatic heterocycles. The number of rotatable bonds is 5. The highest BCUT2D eigenvalue weighted by atomic mass is 32.1. The fourth-order valence-corrected chi connectivity index (χ4v) is 1.62. The maximum atomic E-state index is 12.2. The van der Waals surface area contributed by atoms with Crippen molar-refractivity contribution < 1.29 is 18.0 Å². The molecule has 1 amide bonds. The lowest BCUT2D eigenvalue weighted by atomic mass is 10.3. The van der Waals surface area contributed by atoms with E-state index in [0.29, 0.717) is 24.3 Å². The smallest absolute Gasteiger partial charge is 0.320 e. The molecule has 0 fully saturated rings. The topological polar surface area (TPSA) is 66.9 Å². The Morgan fingerprint density at radius 3 is 2.65 bits per heavy atom. The van der Waals surface area contributed by atoms with Crippen LogP contribution in [0.3, 0.4) is 0 Å². The van der Waals surface area contributed by atoms with Gasteiger partial charge in [0.15, 0.2) is 0 Å². The summed E-state index contributed by atoms with van der Waals surface area (Å²) < 4.78 is 36.5. The first-order valence-electron chi connectivity index (χ1n) is 4.78. The predicted octanol–water partition coefficient (Wildman–Crippen LogP) is 1.49. The van der Waals surface area contributed by atoms with E-state index in [9.17, 15) is 18.0 Å². The monoisotopic (exact) mass is 268 g/mol. The summed E-state index contributed by atoms with van der Waals surface area (Å²) in [5, 5.41) is 10.1. The molecule has 1 rings (SSSR count). The second-order valence-corrected chi connectivity index (χ2v) is 4.14. The van der Waals surface area contributed by atoms with Crippen molar-refractivity contribution in [3.63, 3.8) is 0 Å². The molecule has 0 saturated carbocycles. The summed E-state index contributed by atoms with van der Waals surface area (Å²) in [4.78, 5) is 11.3. The van der Waals surface area contributed by atoms with Gasteiger partial charge >= 0.3 is 6.18 Å². The minimum absolute atomic E-state index is 0.133. The molecule has 0 atom stereocenters. The summed E-state index contributed by atoms with van der Waals surface area (Å²) in [6.45, 7) is 0.664.